The van der Waals surface area contributed by atoms with Crippen LogP contribution in [0.15, 0.2) is 54.7 Å². The number of fused-ring (bicyclic) bond motifs is 1. The largest absolute Gasteiger partial charge is 0.490 e. The minimum atomic E-state index is -3.32. The molecule has 2 aromatic carbocycles. The summed E-state index contributed by atoms with van der Waals surface area (Å²) in [5.74, 6) is -3.69. The summed E-state index contributed by atoms with van der Waals surface area (Å²) >= 11 is 0. The van der Waals surface area contributed by atoms with E-state index in [4.69, 9.17) is 4.74 Å². The molecule has 1 aliphatic heterocycles. The summed E-state index contributed by atoms with van der Waals surface area (Å²) in [6.07, 6.45) is 2.80. The summed E-state index contributed by atoms with van der Waals surface area (Å²) in [4.78, 5) is 17.4. The normalized spacial score (nSPS) is 14.9. The first-order valence-electron chi connectivity index (χ1n) is 10.1. The van der Waals surface area contributed by atoms with E-state index >= 15 is 0 Å². The number of hydrogen-bond acceptors (Lipinski definition) is 3. The lowest BCUT2D eigenvalue weighted by atomic mass is 9.98. The van der Waals surface area contributed by atoms with Gasteiger partial charge in [0.2, 0.25) is 0 Å². The van der Waals surface area contributed by atoms with Gasteiger partial charge in [0.25, 0.3) is 5.91 Å². The predicted molar refractivity (Wildman–Crippen MR) is 120 cm³/mol. The van der Waals surface area contributed by atoms with E-state index in [0.29, 0.717) is 19.8 Å². The van der Waals surface area contributed by atoms with Crippen LogP contribution in [0.3, 0.4) is 0 Å². The number of benzene rings is 2. The van der Waals surface area contributed by atoms with Crippen molar-refractivity contribution in [1.82, 2.24) is 9.88 Å². The summed E-state index contributed by atoms with van der Waals surface area (Å²) < 4.78 is 32.4. The van der Waals surface area contributed by atoms with E-state index in [1.54, 1.807) is 6.20 Å². The van der Waals surface area contributed by atoms with Crippen molar-refractivity contribution in [3.8, 4) is 16.9 Å². The second-order valence-electron chi connectivity index (χ2n) is 7.84. The number of aryl methyl sites for hydroxylation is 1. The Bertz CT molecular complexity index is 1060. The monoisotopic (exact) mass is 446 g/mol. The van der Waals surface area contributed by atoms with E-state index in [2.05, 4.69) is 30.1 Å². The van der Waals surface area contributed by atoms with Crippen LogP contribution in [-0.2, 0) is 4.79 Å². The number of carbonyl (C=O) groups is 1. The molecule has 0 spiro atoms. The highest BCUT2D eigenvalue weighted by Crippen LogP contribution is 2.30. The molecule has 1 aromatic heterocycles. The maximum absolute atomic E-state index is 13.2. The third-order valence-corrected chi connectivity index (χ3v) is 5.60. The summed E-state index contributed by atoms with van der Waals surface area (Å²) in [6.45, 7) is 3.29. The average Bonchev–Trinajstić information content (AvgIpc) is 2.74. The van der Waals surface area contributed by atoms with Gasteiger partial charge in [-0.1, -0.05) is 30.3 Å². The number of hydrogen-bond donors (Lipinski definition) is 0. The van der Waals surface area contributed by atoms with E-state index in [1.165, 1.54) is 4.90 Å². The minimum absolute atomic E-state index is 0. The van der Waals surface area contributed by atoms with Crippen molar-refractivity contribution in [2.75, 3.05) is 13.1 Å². The molecule has 0 radical (unpaired) electrons. The number of halogens is 3. The van der Waals surface area contributed by atoms with Gasteiger partial charge in [-0.05, 0) is 41.8 Å². The van der Waals surface area contributed by atoms with Gasteiger partial charge in [-0.15, -0.1) is 12.4 Å². The van der Waals surface area contributed by atoms with Gasteiger partial charge in [-0.2, -0.15) is 8.78 Å². The third-order valence-electron chi connectivity index (χ3n) is 5.60. The maximum Gasteiger partial charge on any atom is 0.322 e. The van der Waals surface area contributed by atoms with Crippen molar-refractivity contribution in [2.24, 2.45) is 0 Å². The van der Waals surface area contributed by atoms with E-state index in [-0.39, 0.29) is 31.6 Å². The molecular formula is C24H25ClF2N2O2. The topological polar surface area (TPSA) is 42.4 Å². The lowest BCUT2D eigenvalue weighted by molar-refractivity contribution is -0.156. The molecule has 0 saturated carbocycles. The van der Waals surface area contributed by atoms with Crippen LogP contribution in [0.1, 0.15) is 25.3 Å². The van der Waals surface area contributed by atoms with E-state index in [9.17, 15) is 13.6 Å². The Labute approximate surface area is 186 Å². The molecule has 164 valence electrons. The van der Waals surface area contributed by atoms with Crippen molar-refractivity contribution in [3.63, 3.8) is 0 Å². The molecule has 3 aromatic rings. The Morgan fingerprint density at radius 3 is 2.42 bits per heavy atom. The molecule has 1 amide bonds. The van der Waals surface area contributed by atoms with Gasteiger partial charge in [-0.3, -0.25) is 9.78 Å². The Kier molecular flexibility index (Phi) is 6.80. The first kappa shape index (κ1) is 22.9. The Hall–Kier alpha value is -2.73. The van der Waals surface area contributed by atoms with Crippen LogP contribution >= 0.6 is 12.4 Å². The highest BCUT2D eigenvalue weighted by Gasteiger charge is 2.38. The van der Waals surface area contributed by atoms with Gasteiger partial charge in [0, 0.05) is 44.4 Å². The molecule has 31 heavy (non-hydrogen) atoms. The fourth-order valence-corrected chi connectivity index (χ4v) is 3.96. The molecule has 0 aliphatic carbocycles. The predicted octanol–water partition coefficient (Wildman–Crippen LogP) is 5.66. The summed E-state index contributed by atoms with van der Waals surface area (Å²) in [5.41, 5.74) is 4.33. The number of alkyl halides is 2. The molecule has 4 rings (SSSR count). The van der Waals surface area contributed by atoms with Crippen molar-refractivity contribution < 1.29 is 18.3 Å². The third kappa shape index (κ3) is 4.96. The van der Waals surface area contributed by atoms with Crippen LogP contribution in [0.5, 0.6) is 5.75 Å². The molecule has 0 N–H and O–H groups in total. The lowest BCUT2D eigenvalue weighted by Crippen LogP contribution is -2.47. The number of ether oxygens (including phenoxy) is 1. The molecule has 1 saturated heterocycles. The quantitative estimate of drug-likeness (QED) is 0.519. The van der Waals surface area contributed by atoms with E-state index < -0.39 is 11.8 Å². The van der Waals surface area contributed by atoms with Crippen molar-refractivity contribution in [2.45, 2.75) is 38.7 Å². The molecule has 4 nitrogen and oxygen atoms in total. The summed E-state index contributed by atoms with van der Waals surface area (Å²) in [5, 5.41) is 1.12. The lowest BCUT2D eigenvalue weighted by Gasteiger charge is -2.33. The molecule has 0 bridgehead atoms. The van der Waals surface area contributed by atoms with Crippen LogP contribution in [-0.4, -0.2) is 40.9 Å². The molecule has 0 unspecified atom stereocenters. The molecule has 2 heterocycles. The standard InChI is InChI=1S/C24H24F2N2O2.ClH/c1-16-21(10-7-18-4-3-13-27-22(16)18)17-5-8-19(9-6-17)30-20-11-14-28(15-12-20)23(29)24(2,25)26;/h3-10,13,20H,11-12,14-15H2,1-2H3;1H. The summed E-state index contributed by atoms with van der Waals surface area (Å²) in [7, 11) is 0. The van der Waals surface area contributed by atoms with Gasteiger partial charge < -0.3 is 9.64 Å². The smallest absolute Gasteiger partial charge is 0.322 e. The fraction of sp³-hybridized carbons (Fsp3) is 0.333. The van der Waals surface area contributed by atoms with Crippen LogP contribution in [0.25, 0.3) is 22.0 Å². The number of amides is 1. The van der Waals surface area contributed by atoms with E-state index in [1.807, 2.05) is 30.3 Å². The molecule has 7 heteroatoms. The highest BCUT2D eigenvalue weighted by molar-refractivity contribution is 5.88. The zero-order valence-corrected chi connectivity index (χ0v) is 18.3. The minimum Gasteiger partial charge on any atom is -0.490 e. The van der Waals surface area contributed by atoms with E-state index in [0.717, 1.165) is 33.3 Å². The Morgan fingerprint density at radius 1 is 1.10 bits per heavy atom. The van der Waals surface area contributed by atoms with Crippen LogP contribution in [0.4, 0.5) is 8.78 Å². The zero-order valence-electron chi connectivity index (χ0n) is 17.5. The zero-order chi connectivity index (χ0) is 21.3. The van der Waals surface area contributed by atoms with Gasteiger partial charge in [0.05, 0.1) is 5.52 Å². The first-order valence-corrected chi connectivity index (χ1v) is 10.1. The highest BCUT2D eigenvalue weighted by atomic mass is 35.5. The number of pyridine rings is 1. The number of aromatic nitrogens is 1. The first-order chi connectivity index (χ1) is 14.3. The van der Waals surface area contributed by atoms with Crippen LogP contribution < -0.4 is 4.74 Å². The molecule has 1 fully saturated rings. The van der Waals surface area contributed by atoms with Crippen molar-refractivity contribution >= 4 is 29.2 Å². The van der Waals surface area contributed by atoms with Crippen molar-refractivity contribution in [1.29, 1.82) is 0 Å². The van der Waals surface area contributed by atoms with Gasteiger partial charge in [-0.25, -0.2) is 0 Å². The summed E-state index contributed by atoms with van der Waals surface area (Å²) in [6, 6.07) is 16.0. The Balaban J connectivity index is 0.00000272. The fourth-order valence-electron chi connectivity index (χ4n) is 3.96. The number of piperidine rings is 1. The Morgan fingerprint density at radius 2 is 1.77 bits per heavy atom. The SMILES string of the molecule is Cc1c(-c2ccc(OC3CCN(C(=O)C(C)(F)F)CC3)cc2)ccc2cccnc12.Cl. The van der Waals surface area contributed by atoms with Crippen molar-refractivity contribution in [3.05, 3.63) is 60.3 Å². The molecule has 1 aliphatic rings. The second-order valence-corrected chi connectivity index (χ2v) is 7.84. The number of nitrogens with zero attached hydrogens (tertiary/aromatic N) is 2. The van der Waals surface area contributed by atoms with Gasteiger partial charge in [0.15, 0.2) is 0 Å². The number of likely N-dealkylation sites (tertiary alicyclic amines) is 1. The second kappa shape index (κ2) is 9.18. The van der Waals surface area contributed by atoms with Crippen LogP contribution in [0, 0.1) is 6.92 Å². The van der Waals surface area contributed by atoms with Gasteiger partial charge >= 0.3 is 5.92 Å². The number of carbonyl (C=O) groups excluding carboxylic acids is 1. The van der Waals surface area contributed by atoms with Gasteiger partial charge in [0.1, 0.15) is 11.9 Å². The van der Waals surface area contributed by atoms with Crippen LogP contribution in [0.2, 0.25) is 0 Å². The number of rotatable bonds is 4. The molecular weight excluding hydrogens is 422 g/mol. The average molecular weight is 447 g/mol. The maximum atomic E-state index is 13.2. The molecule has 0 atom stereocenters.